The Morgan fingerprint density at radius 1 is 1.22 bits per heavy atom. The molecule has 3 rings (SSSR count). The van der Waals surface area contributed by atoms with Crippen molar-refractivity contribution in [3.63, 3.8) is 0 Å². The van der Waals surface area contributed by atoms with Gasteiger partial charge in [0, 0.05) is 13.1 Å². The number of halogens is 1. The Hall–Kier alpha value is -1.85. The van der Waals surface area contributed by atoms with Gasteiger partial charge in [0.2, 0.25) is 0 Å². The Kier molecular flexibility index (Phi) is 4.68. The van der Waals surface area contributed by atoms with Crippen molar-refractivity contribution in [1.29, 1.82) is 0 Å². The molecule has 1 saturated heterocycles. The predicted molar refractivity (Wildman–Crippen MR) is 91.3 cm³/mol. The first-order valence-corrected chi connectivity index (χ1v) is 8.12. The molecular weight excluding hydrogens is 314 g/mol. The average Bonchev–Trinajstić information content (AvgIpc) is 2.52. The normalized spacial score (nSPS) is 21.4. The molecule has 23 heavy (non-hydrogen) atoms. The molecule has 2 heterocycles. The van der Waals surface area contributed by atoms with Crippen LogP contribution in [0.25, 0.3) is 0 Å². The van der Waals surface area contributed by atoms with Gasteiger partial charge in [-0.15, -0.1) is 0 Å². The fourth-order valence-corrected chi connectivity index (χ4v) is 3.19. The number of rotatable bonds is 3. The van der Waals surface area contributed by atoms with Crippen LogP contribution in [0.4, 0.5) is 5.69 Å². The molecule has 6 heteroatoms. The SMILES string of the molecule is CC1CN(c2cnn(Cc3ccccc3)c(=O)c2Cl)CC(C)O1. The number of ether oxygens (including phenoxy) is 1. The summed E-state index contributed by atoms with van der Waals surface area (Å²) in [7, 11) is 0. The minimum Gasteiger partial charge on any atom is -0.372 e. The number of hydrogen-bond donors (Lipinski definition) is 0. The van der Waals surface area contributed by atoms with Crippen LogP contribution in [0.5, 0.6) is 0 Å². The zero-order valence-electron chi connectivity index (χ0n) is 13.3. The number of aromatic nitrogens is 2. The second-order valence-corrected chi connectivity index (χ2v) is 6.33. The molecule has 0 spiro atoms. The van der Waals surface area contributed by atoms with Gasteiger partial charge < -0.3 is 9.64 Å². The molecule has 1 fully saturated rings. The molecular formula is C17H20ClN3O2. The smallest absolute Gasteiger partial charge is 0.287 e. The van der Waals surface area contributed by atoms with Crippen molar-refractivity contribution in [2.75, 3.05) is 18.0 Å². The lowest BCUT2D eigenvalue weighted by molar-refractivity contribution is -0.00524. The summed E-state index contributed by atoms with van der Waals surface area (Å²) >= 11 is 6.34. The number of hydrogen-bond acceptors (Lipinski definition) is 4. The summed E-state index contributed by atoms with van der Waals surface area (Å²) in [5.74, 6) is 0. The standard InChI is InChI=1S/C17H20ClN3O2/c1-12-9-20(10-13(2)23-12)15-8-19-21(17(22)16(15)18)11-14-6-4-3-5-7-14/h3-8,12-13H,9-11H2,1-2H3. The molecule has 2 aromatic rings. The maximum absolute atomic E-state index is 12.5. The first-order chi connectivity index (χ1) is 11.0. The van der Waals surface area contributed by atoms with E-state index in [2.05, 4.69) is 10.00 Å². The molecule has 1 aromatic heterocycles. The number of benzene rings is 1. The van der Waals surface area contributed by atoms with Crippen molar-refractivity contribution < 1.29 is 4.74 Å². The molecule has 1 aromatic carbocycles. The van der Waals surface area contributed by atoms with Crippen molar-refractivity contribution in [3.05, 3.63) is 57.5 Å². The van der Waals surface area contributed by atoms with Crippen LogP contribution in [0.15, 0.2) is 41.3 Å². The quantitative estimate of drug-likeness (QED) is 0.866. The highest BCUT2D eigenvalue weighted by Gasteiger charge is 2.25. The third kappa shape index (κ3) is 3.57. The lowest BCUT2D eigenvalue weighted by Gasteiger charge is -2.36. The van der Waals surface area contributed by atoms with Crippen molar-refractivity contribution in [1.82, 2.24) is 9.78 Å². The molecule has 1 aliphatic heterocycles. The summed E-state index contributed by atoms with van der Waals surface area (Å²) in [5, 5.41) is 4.52. The highest BCUT2D eigenvalue weighted by atomic mass is 35.5. The summed E-state index contributed by atoms with van der Waals surface area (Å²) in [4.78, 5) is 14.6. The second-order valence-electron chi connectivity index (χ2n) is 5.95. The topological polar surface area (TPSA) is 47.4 Å². The van der Waals surface area contributed by atoms with Gasteiger partial charge in [0.25, 0.3) is 5.56 Å². The van der Waals surface area contributed by atoms with Crippen LogP contribution < -0.4 is 10.5 Å². The van der Waals surface area contributed by atoms with Crippen LogP contribution in [0.1, 0.15) is 19.4 Å². The van der Waals surface area contributed by atoms with Gasteiger partial charge in [0.1, 0.15) is 5.02 Å². The lowest BCUT2D eigenvalue weighted by Crippen LogP contribution is -2.46. The Morgan fingerprint density at radius 2 is 1.87 bits per heavy atom. The zero-order chi connectivity index (χ0) is 16.4. The Bertz CT molecular complexity index is 722. The number of nitrogens with zero attached hydrogens (tertiary/aromatic N) is 3. The van der Waals surface area contributed by atoms with Crippen LogP contribution >= 0.6 is 11.6 Å². The van der Waals surface area contributed by atoms with Gasteiger partial charge in [0.15, 0.2) is 0 Å². The third-order valence-corrected chi connectivity index (χ3v) is 4.26. The third-order valence-electron chi connectivity index (χ3n) is 3.90. The first-order valence-electron chi connectivity index (χ1n) is 7.74. The second kappa shape index (κ2) is 6.72. The largest absolute Gasteiger partial charge is 0.372 e. The van der Waals surface area contributed by atoms with Gasteiger partial charge in [-0.05, 0) is 19.4 Å². The average molecular weight is 334 g/mol. The number of anilines is 1. The highest BCUT2D eigenvalue weighted by molar-refractivity contribution is 6.33. The minimum absolute atomic E-state index is 0.0987. The molecule has 5 nitrogen and oxygen atoms in total. The van der Waals surface area contributed by atoms with E-state index in [4.69, 9.17) is 16.3 Å². The monoisotopic (exact) mass is 333 g/mol. The molecule has 0 amide bonds. The fraction of sp³-hybridized carbons (Fsp3) is 0.412. The maximum Gasteiger partial charge on any atom is 0.287 e. The van der Waals surface area contributed by atoms with Gasteiger partial charge in [-0.2, -0.15) is 5.10 Å². The molecule has 0 bridgehead atoms. The van der Waals surface area contributed by atoms with Crippen molar-refractivity contribution in [3.8, 4) is 0 Å². The Labute approximate surface area is 140 Å². The Balaban J connectivity index is 1.87. The summed E-state index contributed by atoms with van der Waals surface area (Å²) in [6.07, 6.45) is 1.88. The van der Waals surface area contributed by atoms with Gasteiger partial charge in [-0.3, -0.25) is 4.79 Å². The van der Waals surface area contributed by atoms with E-state index in [9.17, 15) is 4.79 Å². The van der Waals surface area contributed by atoms with Gasteiger partial charge in [0.05, 0.1) is 30.6 Å². The van der Waals surface area contributed by atoms with E-state index in [0.717, 1.165) is 5.56 Å². The maximum atomic E-state index is 12.5. The Morgan fingerprint density at radius 3 is 2.52 bits per heavy atom. The van der Waals surface area contributed by atoms with Gasteiger partial charge >= 0.3 is 0 Å². The fourth-order valence-electron chi connectivity index (χ4n) is 2.92. The molecule has 2 atom stereocenters. The van der Waals surface area contributed by atoms with E-state index in [1.807, 2.05) is 44.2 Å². The summed E-state index contributed by atoms with van der Waals surface area (Å²) in [5.41, 5.74) is 1.43. The zero-order valence-corrected chi connectivity index (χ0v) is 14.0. The molecule has 0 saturated carbocycles. The van der Waals surface area contributed by atoms with E-state index in [0.29, 0.717) is 25.3 Å². The molecule has 122 valence electrons. The highest BCUT2D eigenvalue weighted by Crippen LogP contribution is 2.24. The molecule has 0 N–H and O–H groups in total. The van der Waals surface area contributed by atoms with Crippen LogP contribution in [-0.4, -0.2) is 35.1 Å². The van der Waals surface area contributed by atoms with E-state index in [1.165, 1.54) is 4.68 Å². The van der Waals surface area contributed by atoms with Gasteiger partial charge in [-0.1, -0.05) is 41.9 Å². The van der Waals surface area contributed by atoms with Crippen molar-refractivity contribution >= 4 is 17.3 Å². The van der Waals surface area contributed by atoms with E-state index >= 15 is 0 Å². The molecule has 2 unspecified atom stereocenters. The van der Waals surface area contributed by atoms with Crippen molar-refractivity contribution in [2.24, 2.45) is 0 Å². The van der Waals surface area contributed by atoms with Crippen LogP contribution in [0.3, 0.4) is 0 Å². The van der Waals surface area contributed by atoms with E-state index in [1.54, 1.807) is 6.20 Å². The lowest BCUT2D eigenvalue weighted by atomic mass is 10.2. The van der Waals surface area contributed by atoms with E-state index in [-0.39, 0.29) is 22.8 Å². The van der Waals surface area contributed by atoms with E-state index < -0.39 is 0 Å². The van der Waals surface area contributed by atoms with Gasteiger partial charge in [-0.25, -0.2) is 4.68 Å². The minimum atomic E-state index is -0.264. The predicted octanol–water partition coefficient (Wildman–Crippen LogP) is 2.56. The first kappa shape index (κ1) is 16.0. The summed E-state index contributed by atoms with van der Waals surface area (Å²) in [6.45, 7) is 5.85. The molecule has 1 aliphatic rings. The van der Waals surface area contributed by atoms with Crippen LogP contribution in [0.2, 0.25) is 5.02 Å². The molecule has 0 aliphatic carbocycles. The van der Waals surface area contributed by atoms with Crippen LogP contribution in [-0.2, 0) is 11.3 Å². The summed E-state index contributed by atoms with van der Waals surface area (Å²) in [6, 6.07) is 9.73. The molecule has 0 radical (unpaired) electrons. The van der Waals surface area contributed by atoms with Crippen molar-refractivity contribution in [2.45, 2.75) is 32.6 Å². The summed E-state index contributed by atoms with van der Waals surface area (Å²) < 4.78 is 7.12. The number of morpholine rings is 1. The van der Waals surface area contributed by atoms with Crippen LogP contribution in [0, 0.1) is 0 Å².